The van der Waals surface area contributed by atoms with Gasteiger partial charge in [-0.3, -0.25) is 14.8 Å². The zero-order chi connectivity index (χ0) is 19.3. The third-order valence-corrected chi connectivity index (χ3v) is 5.15. The Hall–Kier alpha value is -2.19. The van der Waals surface area contributed by atoms with Crippen molar-refractivity contribution >= 4 is 18.3 Å². The lowest BCUT2D eigenvalue weighted by molar-refractivity contribution is -0.384. The number of nitrogens with zero attached hydrogens (tertiary/aromatic N) is 3. The van der Waals surface area contributed by atoms with Gasteiger partial charge >= 0.3 is 7.12 Å². The number of non-ortho nitro benzene ring substituents is 1. The monoisotopic (exact) mass is 357 g/mol. The zero-order valence-corrected chi connectivity index (χ0v) is 16.0. The maximum absolute atomic E-state index is 10.9. The van der Waals surface area contributed by atoms with E-state index in [-0.39, 0.29) is 11.7 Å². The van der Waals surface area contributed by atoms with Crippen LogP contribution in [0.25, 0.3) is 11.3 Å². The second-order valence-electron chi connectivity index (χ2n) is 7.90. The normalized spacial score (nSPS) is 18.5. The summed E-state index contributed by atoms with van der Waals surface area (Å²) in [6.07, 6.45) is 1.93. The average molecular weight is 357 g/mol. The predicted molar refractivity (Wildman–Crippen MR) is 100 cm³/mol. The first-order valence-electron chi connectivity index (χ1n) is 8.71. The van der Waals surface area contributed by atoms with Gasteiger partial charge in [-0.1, -0.05) is 0 Å². The van der Waals surface area contributed by atoms with Crippen LogP contribution in [-0.4, -0.2) is 33.0 Å². The maximum atomic E-state index is 10.9. The number of rotatable bonds is 4. The topological polar surface area (TPSA) is 79.4 Å². The Labute approximate surface area is 153 Å². The van der Waals surface area contributed by atoms with E-state index >= 15 is 0 Å². The lowest BCUT2D eigenvalue weighted by Gasteiger charge is -2.32. The molecule has 0 amide bonds. The van der Waals surface area contributed by atoms with Gasteiger partial charge in [-0.2, -0.15) is 5.10 Å². The van der Waals surface area contributed by atoms with E-state index in [4.69, 9.17) is 9.31 Å². The van der Waals surface area contributed by atoms with Crippen LogP contribution in [0.3, 0.4) is 0 Å². The summed E-state index contributed by atoms with van der Waals surface area (Å²) in [6.45, 7) is 12.1. The molecule has 0 atom stereocenters. The molecule has 1 aromatic heterocycles. The second kappa shape index (κ2) is 6.21. The van der Waals surface area contributed by atoms with Gasteiger partial charge in [0.25, 0.3) is 5.69 Å². The fourth-order valence-electron chi connectivity index (χ4n) is 2.78. The largest absolute Gasteiger partial charge is 0.498 e. The molecule has 1 saturated heterocycles. The van der Waals surface area contributed by atoms with E-state index in [1.54, 1.807) is 12.1 Å². The Morgan fingerprint density at radius 2 is 1.65 bits per heavy atom. The van der Waals surface area contributed by atoms with Crippen LogP contribution in [0.4, 0.5) is 5.69 Å². The van der Waals surface area contributed by atoms with E-state index in [0.29, 0.717) is 5.69 Å². The van der Waals surface area contributed by atoms with Gasteiger partial charge in [-0.25, -0.2) is 0 Å². The van der Waals surface area contributed by atoms with Gasteiger partial charge in [0.1, 0.15) is 0 Å². The summed E-state index contributed by atoms with van der Waals surface area (Å²) in [6, 6.07) is 6.55. The lowest BCUT2D eigenvalue weighted by Crippen LogP contribution is -2.41. The number of benzene rings is 1. The van der Waals surface area contributed by atoms with Gasteiger partial charge in [0, 0.05) is 35.4 Å². The van der Waals surface area contributed by atoms with Crippen LogP contribution >= 0.6 is 0 Å². The molecule has 0 bridgehead atoms. The molecule has 3 rings (SSSR count). The molecule has 0 saturated carbocycles. The highest BCUT2D eigenvalue weighted by molar-refractivity contribution is 6.63. The second-order valence-corrected chi connectivity index (χ2v) is 7.90. The first kappa shape index (κ1) is 18.6. The molecule has 0 aliphatic carbocycles. The summed E-state index contributed by atoms with van der Waals surface area (Å²) in [5.41, 5.74) is 1.47. The van der Waals surface area contributed by atoms with E-state index < -0.39 is 23.2 Å². The number of aromatic nitrogens is 2. The Morgan fingerprint density at radius 3 is 2.12 bits per heavy atom. The van der Waals surface area contributed by atoms with E-state index in [0.717, 1.165) is 11.0 Å². The smallest absolute Gasteiger partial charge is 0.399 e. The van der Waals surface area contributed by atoms with Crippen molar-refractivity contribution in [1.82, 2.24) is 9.78 Å². The quantitative estimate of drug-likeness (QED) is 0.476. The Bertz CT molecular complexity index is 811. The minimum atomic E-state index is -0.544. The molecule has 0 spiro atoms. The van der Waals surface area contributed by atoms with E-state index in [1.807, 2.05) is 52.4 Å². The van der Waals surface area contributed by atoms with Crippen molar-refractivity contribution in [2.75, 3.05) is 0 Å². The minimum absolute atomic E-state index is 0.0502. The lowest BCUT2D eigenvalue weighted by atomic mass is 9.78. The van der Waals surface area contributed by atoms with Crippen molar-refractivity contribution in [2.24, 2.45) is 0 Å². The molecule has 2 heterocycles. The number of hydrogen-bond acceptors (Lipinski definition) is 5. The molecular weight excluding hydrogens is 333 g/mol. The van der Waals surface area contributed by atoms with Crippen LogP contribution in [0.15, 0.2) is 30.5 Å². The van der Waals surface area contributed by atoms with Crippen molar-refractivity contribution in [3.63, 3.8) is 0 Å². The molecule has 26 heavy (non-hydrogen) atoms. The molecule has 1 aliphatic heterocycles. The summed E-state index contributed by atoms with van der Waals surface area (Å²) in [7, 11) is -0.544. The summed E-state index contributed by atoms with van der Waals surface area (Å²) in [5.74, 6) is 0. The molecule has 138 valence electrons. The standard InChI is InChI=1S/C18H24BN3O4/c1-12(2)21-11-15(19-25-17(3,4)18(5,6)26-19)16(20-21)13-7-9-14(10-8-13)22(23)24/h7-12H,1-6H3. The van der Waals surface area contributed by atoms with Gasteiger partial charge in [0.05, 0.1) is 21.8 Å². The van der Waals surface area contributed by atoms with Gasteiger partial charge < -0.3 is 9.31 Å². The summed E-state index contributed by atoms with van der Waals surface area (Å²) >= 11 is 0. The highest BCUT2D eigenvalue weighted by Crippen LogP contribution is 2.37. The Balaban J connectivity index is 2.04. The van der Waals surface area contributed by atoms with Gasteiger partial charge in [-0.05, 0) is 53.7 Å². The van der Waals surface area contributed by atoms with Gasteiger partial charge in [0.2, 0.25) is 0 Å². The summed E-state index contributed by atoms with van der Waals surface area (Å²) < 4.78 is 14.2. The molecule has 0 unspecified atom stereocenters. The van der Waals surface area contributed by atoms with Crippen LogP contribution < -0.4 is 5.46 Å². The average Bonchev–Trinajstić information content (AvgIpc) is 3.07. The molecule has 0 radical (unpaired) electrons. The van der Waals surface area contributed by atoms with Crippen molar-refractivity contribution < 1.29 is 14.2 Å². The Morgan fingerprint density at radius 1 is 1.12 bits per heavy atom. The fraction of sp³-hybridized carbons (Fsp3) is 0.500. The highest BCUT2D eigenvalue weighted by Gasteiger charge is 2.52. The molecule has 2 aromatic rings. The highest BCUT2D eigenvalue weighted by atomic mass is 16.7. The summed E-state index contributed by atoms with van der Waals surface area (Å²) in [4.78, 5) is 10.5. The number of hydrogen-bond donors (Lipinski definition) is 0. The predicted octanol–water partition coefficient (Wildman–Crippen LogP) is 3.34. The SMILES string of the molecule is CC(C)n1cc(B2OC(C)(C)C(C)(C)O2)c(-c2ccc([N+](=O)[O-])cc2)n1. The van der Waals surface area contributed by atoms with Gasteiger partial charge in [-0.15, -0.1) is 0 Å². The van der Waals surface area contributed by atoms with Crippen LogP contribution in [0.5, 0.6) is 0 Å². The van der Waals surface area contributed by atoms with Crippen molar-refractivity contribution in [2.45, 2.75) is 58.8 Å². The molecule has 1 aliphatic rings. The summed E-state index contributed by atoms with van der Waals surface area (Å²) in [5, 5.41) is 15.6. The third-order valence-electron chi connectivity index (χ3n) is 5.15. The van der Waals surface area contributed by atoms with Gasteiger partial charge in [0.15, 0.2) is 0 Å². The first-order chi connectivity index (χ1) is 12.0. The third kappa shape index (κ3) is 3.15. The maximum Gasteiger partial charge on any atom is 0.498 e. The van der Waals surface area contributed by atoms with Crippen LogP contribution in [0, 0.1) is 10.1 Å². The van der Waals surface area contributed by atoms with Crippen molar-refractivity contribution in [1.29, 1.82) is 0 Å². The van der Waals surface area contributed by atoms with Crippen LogP contribution in [-0.2, 0) is 9.31 Å². The minimum Gasteiger partial charge on any atom is -0.399 e. The number of nitro groups is 1. The van der Waals surface area contributed by atoms with Crippen molar-refractivity contribution in [3.8, 4) is 11.3 Å². The molecule has 1 fully saturated rings. The zero-order valence-electron chi connectivity index (χ0n) is 16.0. The fourth-order valence-corrected chi connectivity index (χ4v) is 2.78. The molecule has 0 N–H and O–H groups in total. The molecule has 1 aromatic carbocycles. The number of nitro benzene ring substituents is 1. The Kier molecular flexibility index (Phi) is 4.44. The molecule has 8 heteroatoms. The van der Waals surface area contributed by atoms with Crippen LogP contribution in [0.2, 0.25) is 0 Å². The molecular formula is C18H24BN3O4. The van der Waals surface area contributed by atoms with Crippen LogP contribution in [0.1, 0.15) is 47.6 Å². The van der Waals surface area contributed by atoms with E-state index in [9.17, 15) is 10.1 Å². The van der Waals surface area contributed by atoms with E-state index in [2.05, 4.69) is 5.10 Å². The first-order valence-corrected chi connectivity index (χ1v) is 8.71. The van der Waals surface area contributed by atoms with E-state index in [1.165, 1.54) is 12.1 Å². The molecule has 7 nitrogen and oxygen atoms in total. The van der Waals surface area contributed by atoms with Crippen molar-refractivity contribution in [3.05, 3.63) is 40.6 Å².